The number of hydrogen-bond acceptors (Lipinski definition) is 3. The van der Waals surface area contributed by atoms with Crippen molar-refractivity contribution in [2.45, 2.75) is 11.8 Å². The van der Waals surface area contributed by atoms with Crippen LogP contribution in [0.5, 0.6) is 0 Å². The Labute approximate surface area is 120 Å². The van der Waals surface area contributed by atoms with Crippen LogP contribution in [0.1, 0.15) is 10.4 Å². The molecule has 2 rings (SSSR count). The third-order valence-corrected chi connectivity index (χ3v) is 4.84. The second-order valence-electron chi connectivity index (χ2n) is 4.39. The van der Waals surface area contributed by atoms with E-state index < -0.39 is 0 Å². The molecule has 96 valence electrons. The van der Waals surface area contributed by atoms with Crippen LogP contribution >= 0.6 is 27.3 Å². The van der Waals surface area contributed by atoms with Gasteiger partial charge in [-0.2, -0.15) is 0 Å². The van der Waals surface area contributed by atoms with Gasteiger partial charge in [-0.25, -0.2) is 0 Å². The highest BCUT2D eigenvalue weighted by atomic mass is 79.9. The van der Waals surface area contributed by atoms with Crippen LogP contribution in [0.25, 0.3) is 0 Å². The molecule has 1 aromatic heterocycles. The van der Waals surface area contributed by atoms with E-state index >= 15 is 0 Å². The Bertz CT molecular complexity index is 494. The predicted molar refractivity (Wildman–Crippen MR) is 80.0 cm³/mol. The smallest absolute Gasteiger partial charge is 0.0701 e. The predicted octanol–water partition coefficient (Wildman–Crippen LogP) is 2.94. The molecule has 3 N–H and O–H groups in total. The molecule has 0 radical (unpaired) electrons. The van der Waals surface area contributed by atoms with Crippen LogP contribution in [0.4, 0.5) is 0 Å². The summed E-state index contributed by atoms with van der Waals surface area (Å²) in [5.74, 6) is 0. The summed E-state index contributed by atoms with van der Waals surface area (Å²) in [6.07, 6.45) is 0.764. The van der Waals surface area contributed by atoms with Crippen molar-refractivity contribution >= 4 is 27.3 Å². The van der Waals surface area contributed by atoms with E-state index in [9.17, 15) is 5.11 Å². The molecular weight excluding hydrogens is 310 g/mol. The van der Waals surface area contributed by atoms with Crippen molar-refractivity contribution in [1.82, 2.24) is 0 Å². The number of thiophene rings is 1. The number of aliphatic hydroxyl groups is 1. The molecule has 0 aliphatic heterocycles. The summed E-state index contributed by atoms with van der Waals surface area (Å²) >= 11 is 5.15. The zero-order valence-corrected chi connectivity index (χ0v) is 12.4. The molecule has 0 amide bonds. The Morgan fingerprint density at radius 2 is 1.89 bits per heavy atom. The van der Waals surface area contributed by atoms with E-state index in [1.54, 1.807) is 11.3 Å². The number of aliphatic hydroxyl groups excluding tert-OH is 1. The lowest BCUT2D eigenvalue weighted by molar-refractivity contribution is 0.197. The van der Waals surface area contributed by atoms with E-state index in [1.165, 1.54) is 4.88 Å². The maximum Gasteiger partial charge on any atom is 0.0701 e. The molecule has 1 heterocycles. The first kappa shape index (κ1) is 13.7. The summed E-state index contributed by atoms with van der Waals surface area (Å²) in [7, 11) is 0. The minimum absolute atomic E-state index is 0.0586. The van der Waals surface area contributed by atoms with E-state index in [0.29, 0.717) is 6.54 Å². The number of halogens is 1. The van der Waals surface area contributed by atoms with Gasteiger partial charge in [-0.15, -0.1) is 11.3 Å². The van der Waals surface area contributed by atoms with Crippen LogP contribution < -0.4 is 5.73 Å². The topological polar surface area (TPSA) is 46.2 Å². The van der Waals surface area contributed by atoms with E-state index in [-0.39, 0.29) is 12.0 Å². The van der Waals surface area contributed by atoms with Gasteiger partial charge in [0.1, 0.15) is 0 Å². The van der Waals surface area contributed by atoms with Gasteiger partial charge in [0.2, 0.25) is 0 Å². The van der Waals surface area contributed by atoms with Crippen molar-refractivity contribution in [2.24, 2.45) is 5.73 Å². The maximum absolute atomic E-state index is 9.81. The van der Waals surface area contributed by atoms with Crippen LogP contribution in [0.2, 0.25) is 0 Å². The van der Waals surface area contributed by atoms with Gasteiger partial charge in [0.05, 0.1) is 10.4 Å². The van der Waals surface area contributed by atoms with E-state index in [4.69, 9.17) is 5.73 Å². The molecule has 0 saturated heterocycles. The Kier molecular flexibility index (Phi) is 4.56. The summed E-state index contributed by atoms with van der Waals surface area (Å²) in [6, 6.07) is 14.1. The SMILES string of the molecule is NCC(CO)(Cc1ccc(Br)s1)c1ccccc1. The molecule has 0 saturated carbocycles. The average Bonchev–Trinajstić information content (AvgIpc) is 2.82. The van der Waals surface area contributed by atoms with Crippen molar-refractivity contribution in [3.63, 3.8) is 0 Å². The number of benzene rings is 1. The number of hydrogen-bond donors (Lipinski definition) is 2. The Balaban J connectivity index is 2.32. The van der Waals surface area contributed by atoms with E-state index in [1.807, 2.05) is 36.4 Å². The normalized spacial score (nSPS) is 14.4. The summed E-state index contributed by atoms with van der Waals surface area (Å²) in [5.41, 5.74) is 6.65. The summed E-state index contributed by atoms with van der Waals surface area (Å²) in [5, 5.41) is 9.81. The first-order chi connectivity index (χ1) is 8.70. The molecule has 0 aliphatic carbocycles. The first-order valence-corrected chi connectivity index (χ1v) is 7.42. The van der Waals surface area contributed by atoms with E-state index in [2.05, 4.69) is 22.0 Å². The molecule has 4 heteroatoms. The van der Waals surface area contributed by atoms with Gasteiger partial charge in [0, 0.05) is 16.8 Å². The minimum Gasteiger partial charge on any atom is -0.395 e. The zero-order valence-electron chi connectivity index (χ0n) is 9.97. The van der Waals surface area contributed by atoms with Gasteiger partial charge >= 0.3 is 0 Å². The molecular formula is C14H16BrNOS. The molecule has 2 aromatic rings. The van der Waals surface area contributed by atoms with Gasteiger partial charge in [0.25, 0.3) is 0 Å². The highest BCUT2D eigenvalue weighted by molar-refractivity contribution is 9.11. The zero-order chi connectivity index (χ0) is 13.0. The van der Waals surface area contributed by atoms with Crippen molar-refractivity contribution in [3.8, 4) is 0 Å². The van der Waals surface area contributed by atoms with Gasteiger partial charge in [-0.1, -0.05) is 30.3 Å². The minimum atomic E-state index is -0.383. The molecule has 0 bridgehead atoms. The van der Waals surface area contributed by atoms with Crippen molar-refractivity contribution < 1.29 is 5.11 Å². The highest BCUT2D eigenvalue weighted by Crippen LogP contribution is 2.31. The molecule has 0 aliphatic rings. The lowest BCUT2D eigenvalue weighted by atomic mass is 9.78. The first-order valence-electron chi connectivity index (χ1n) is 5.81. The van der Waals surface area contributed by atoms with Gasteiger partial charge in [0.15, 0.2) is 0 Å². The summed E-state index contributed by atoms with van der Waals surface area (Å²) in [4.78, 5) is 1.23. The van der Waals surface area contributed by atoms with Crippen LogP contribution in [-0.4, -0.2) is 18.3 Å². The molecule has 1 atom stereocenters. The highest BCUT2D eigenvalue weighted by Gasteiger charge is 2.30. The average molecular weight is 326 g/mol. The van der Waals surface area contributed by atoms with Crippen molar-refractivity contribution in [1.29, 1.82) is 0 Å². The Morgan fingerprint density at radius 3 is 2.39 bits per heavy atom. The lowest BCUT2D eigenvalue weighted by Crippen LogP contribution is -2.40. The van der Waals surface area contributed by atoms with Crippen molar-refractivity contribution in [2.75, 3.05) is 13.2 Å². The maximum atomic E-state index is 9.81. The fourth-order valence-corrected chi connectivity index (χ4v) is 3.70. The largest absolute Gasteiger partial charge is 0.395 e. The standard InChI is InChI=1S/C14H16BrNOS/c15-13-7-6-12(18-13)8-14(9-16,10-17)11-4-2-1-3-5-11/h1-7,17H,8-10,16H2. The van der Waals surface area contributed by atoms with Crippen LogP contribution in [0.15, 0.2) is 46.3 Å². The third-order valence-electron chi connectivity index (χ3n) is 3.22. The second kappa shape index (κ2) is 5.97. The van der Waals surface area contributed by atoms with Gasteiger partial charge in [-0.05, 0) is 40.0 Å². The lowest BCUT2D eigenvalue weighted by Gasteiger charge is -2.30. The quantitative estimate of drug-likeness (QED) is 0.887. The fourth-order valence-electron chi connectivity index (χ4n) is 2.08. The van der Waals surface area contributed by atoms with Gasteiger partial charge < -0.3 is 10.8 Å². The van der Waals surface area contributed by atoms with Crippen LogP contribution in [-0.2, 0) is 11.8 Å². The number of nitrogens with two attached hydrogens (primary N) is 1. The monoisotopic (exact) mass is 325 g/mol. The van der Waals surface area contributed by atoms with E-state index in [0.717, 1.165) is 15.8 Å². The third kappa shape index (κ3) is 2.83. The van der Waals surface area contributed by atoms with Gasteiger partial charge in [-0.3, -0.25) is 0 Å². The van der Waals surface area contributed by atoms with Crippen molar-refractivity contribution in [3.05, 3.63) is 56.7 Å². The molecule has 0 fully saturated rings. The summed E-state index contributed by atoms with van der Waals surface area (Å²) in [6.45, 7) is 0.492. The molecule has 2 nitrogen and oxygen atoms in total. The molecule has 1 aromatic carbocycles. The second-order valence-corrected chi connectivity index (χ2v) is 6.94. The van der Waals surface area contributed by atoms with Crippen LogP contribution in [0.3, 0.4) is 0 Å². The summed E-state index contributed by atoms with van der Waals surface area (Å²) < 4.78 is 1.11. The Morgan fingerprint density at radius 1 is 1.17 bits per heavy atom. The van der Waals surface area contributed by atoms with Crippen LogP contribution in [0, 0.1) is 0 Å². The Hall–Kier alpha value is -0.680. The number of rotatable bonds is 5. The molecule has 0 spiro atoms. The molecule has 1 unspecified atom stereocenters. The molecule has 18 heavy (non-hydrogen) atoms. The fraction of sp³-hybridized carbons (Fsp3) is 0.286.